The predicted octanol–water partition coefficient (Wildman–Crippen LogP) is 8.12. The summed E-state index contributed by atoms with van der Waals surface area (Å²) in [6, 6.07) is 44.6. The van der Waals surface area contributed by atoms with Crippen molar-refractivity contribution >= 4 is 0 Å². The Hall–Kier alpha value is -5.09. The average molecular weight is 492 g/mol. The molecule has 0 amide bonds. The fourth-order valence-corrected chi connectivity index (χ4v) is 4.34. The maximum atomic E-state index is 6.28. The average Bonchev–Trinajstić information content (AvgIpc) is 3.01. The highest BCUT2D eigenvalue weighted by Gasteiger charge is 2.14. The summed E-state index contributed by atoms with van der Waals surface area (Å²) < 4.78 is 6.28. The van der Waals surface area contributed by atoms with Gasteiger partial charge in [0.05, 0.1) is 17.1 Å². The minimum Gasteiger partial charge on any atom is -0.488 e. The molecule has 38 heavy (non-hydrogen) atoms. The number of benzene rings is 4. The first kappa shape index (κ1) is 23.3. The SMILES string of the molecule is c1ccc(COc2ccc(-c3cc(-c4ccccc4)nc(-c4ccccc4)n3)cc2-c2ccccn2)cc1. The van der Waals surface area contributed by atoms with Crippen LogP contribution in [0.5, 0.6) is 5.75 Å². The van der Waals surface area contributed by atoms with Crippen LogP contribution in [0.2, 0.25) is 0 Å². The lowest BCUT2D eigenvalue weighted by Crippen LogP contribution is -1.99. The number of aromatic nitrogens is 3. The van der Waals surface area contributed by atoms with Crippen LogP contribution < -0.4 is 4.74 Å². The van der Waals surface area contributed by atoms with Crippen LogP contribution in [0, 0.1) is 0 Å². The van der Waals surface area contributed by atoms with Gasteiger partial charge in [-0.15, -0.1) is 0 Å². The molecule has 0 atom stereocenters. The van der Waals surface area contributed by atoms with E-state index in [2.05, 4.69) is 41.4 Å². The fourth-order valence-electron chi connectivity index (χ4n) is 4.34. The van der Waals surface area contributed by atoms with Gasteiger partial charge >= 0.3 is 0 Å². The molecule has 0 aliphatic rings. The molecule has 0 N–H and O–H groups in total. The Kier molecular flexibility index (Phi) is 6.68. The highest BCUT2D eigenvalue weighted by Crippen LogP contribution is 2.35. The fraction of sp³-hybridized carbons (Fsp3) is 0.0294. The lowest BCUT2D eigenvalue weighted by Gasteiger charge is -2.14. The van der Waals surface area contributed by atoms with Crippen LogP contribution in [-0.2, 0) is 6.61 Å². The summed E-state index contributed by atoms with van der Waals surface area (Å²) in [5, 5.41) is 0. The van der Waals surface area contributed by atoms with E-state index in [9.17, 15) is 0 Å². The lowest BCUT2D eigenvalue weighted by atomic mass is 10.0. The molecule has 4 nitrogen and oxygen atoms in total. The van der Waals surface area contributed by atoms with Crippen LogP contribution in [0.4, 0.5) is 0 Å². The summed E-state index contributed by atoms with van der Waals surface area (Å²) in [4.78, 5) is 14.5. The molecular formula is C34H25N3O. The molecule has 0 spiro atoms. The van der Waals surface area contributed by atoms with E-state index in [1.165, 1.54) is 0 Å². The van der Waals surface area contributed by atoms with Crippen molar-refractivity contribution in [3.63, 3.8) is 0 Å². The number of hydrogen-bond acceptors (Lipinski definition) is 4. The third-order valence-electron chi connectivity index (χ3n) is 6.28. The van der Waals surface area contributed by atoms with E-state index in [0.717, 1.165) is 50.6 Å². The Labute approximate surface area is 222 Å². The van der Waals surface area contributed by atoms with E-state index >= 15 is 0 Å². The highest BCUT2D eigenvalue weighted by molar-refractivity contribution is 5.77. The number of rotatable bonds is 7. The minimum atomic E-state index is 0.476. The predicted molar refractivity (Wildman–Crippen MR) is 152 cm³/mol. The standard InChI is InChI=1S/C34H25N3O/c1-4-12-25(13-5-1)24-38-33-20-19-28(22-29(33)30-18-10-11-21-35-30)32-23-31(26-14-6-2-7-15-26)36-34(37-32)27-16-8-3-9-17-27/h1-23H,24H2. The molecule has 2 aromatic heterocycles. The zero-order valence-corrected chi connectivity index (χ0v) is 20.7. The van der Waals surface area contributed by atoms with Crippen molar-refractivity contribution in [3.05, 3.63) is 145 Å². The number of hydrogen-bond donors (Lipinski definition) is 0. The van der Waals surface area contributed by atoms with Crippen molar-refractivity contribution in [1.82, 2.24) is 15.0 Å². The Morgan fingerprint density at radius 2 is 1.13 bits per heavy atom. The zero-order valence-electron chi connectivity index (χ0n) is 20.7. The molecule has 0 fully saturated rings. The van der Waals surface area contributed by atoms with Gasteiger partial charge in [-0.25, -0.2) is 9.97 Å². The minimum absolute atomic E-state index is 0.476. The van der Waals surface area contributed by atoms with Gasteiger partial charge in [-0.1, -0.05) is 97.1 Å². The van der Waals surface area contributed by atoms with Crippen molar-refractivity contribution in [2.75, 3.05) is 0 Å². The van der Waals surface area contributed by atoms with Crippen molar-refractivity contribution in [2.24, 2.45) is 0 Å². The van der Waals surface area contributed by atoms with Crippen molar-refractivity contribution in [2.45, 2.75) is 6.61 Å². The molecule has 0 aliphatic heterocycles. The first-order valence-electron chi connectivity index (χ1n) is 12.6. The van der Waals surface area contributed by atoms with Crippen molar-refractivity contribution in [1.29, 1.82) is 0 Å². The van der Waals surface area contributed by atoms with E-state index in [1.54, 1.807) is 6.20 Å². The van der Waals surface area contributed by atoms with Crippen LogP contribution in [0.1, 0.15) is 5.56 Å². The van der Waals surface area contributed by atoms with E-state index in [-0.39, 0.29) is 0 Å². The lowest BCUT2D eigenvalue weighted by molar-refractivity contribution is 0.307. The second-order valence-electron chi connectivity index (χ2n) is 8.89. The molecule has 182 valence electrons. The molecule has 0 saturated carbocycles. The number of ether oxygens (including phenoxy) is 1. The van der Waals surface area contributed by atoms with Gasteiger partial charge in [-0.2, -0.15) is 0 Å². The van der Waals surface area contributed by atoms with Crippen LogP contribution in [-0.4, -0.2) is 15.0 Å². The van der Waals surface area contributed by atoms with Gasteiger partial charge in [0.15, 0.2) is 5.82 Å². The van der Waals surface area contributed by atoms with Crippen molar-refractivity contribution in [3.8, 4) is 50.9 Å². The number of pyridine rings is 1. The van der Waals surface area contributed by atoms with Gasteiger partial charge in [0.1, 0.15) is 12.4 Å². The maximum absolute atomic E-state index is 6.28. The molecule has 0 saturated heterocycles. The molecule has 0 aliphatic carbocycles. The molecule has 4 aromatic carbocycles. The topological polar surface area (TPSA) is 47.9 Å². The van der Waals surface area contributed by atoms with Gasteiger partial charge in [0.25, 0.3) is 0 Å². The maximum Gasteiger partial charge on any atom is 0.160 e. The van der Waals surface area contributed by atoms with Crippen molar-refractivity contribution < 1.29 is 4.74 Å². The molecule has 6 rings (SSSR count). The quantitative estimate of drug-likeness (QED) is 0.226. The smallest absolute Gasteiger partial charge is 0.160 e. The third-order valence-corrected chi connectivity index (χ3v) is 6.28. The van der Waals surface area contributed by atoms with E-state index < -0.39 is 0 Å². The van der Waals surface area contributed by atoms with Gasteiger partial charge in [-0.05, 0) is 42.0 Å². The summed E-state index contributed by atoms with van der Waals surface area (Å²) in [7, 11) is 0. The first-order chi connectivity index (χ1) is 18.8. The number of nitrogens with zero attached hydrogens (tertiary/aromatic N) is 3. The van der Waals surface area contributed by atoms with E-state index in [1.807, 2.05) is 97.1 Å². The third kappa shape index (κ3) is 5.20. The summed E-state index contributed by atoms with van der Waals surface area (Å²) in [5.74, 6) is 1.46. The molecule has 4 heteroatoms. The normalized spacial score (nSPS) is 10.7. The first-order valence-corrected chi connectivity index (χ1v) is 12.6. The summed E-state index contributed by atoms with van der Waals surface area (Å²) in [5.41, 5.74) is 7.56. The van der Waals surface area contributed by atoms with Gasteiger partial charge < -0.3 is 4.74 Å². The second-order valence-corrected chi connectivity index (χ2v) is 8.89. The largest absolute Gasteiger partial charge is 0.488 e. The Morgan fingerprint density at radius 3 is 1.82 bits per heavy atom. The van der Waals surface area contributed by atoms with Crippen LogP contribution >= 0.6 is 0 Å². The Bertz CT molecular complexity index is 1580. The van der Waals surface area contributed by atoms with E-state index in [4.69, 9.17) is 14.7 Å². The van der Waals surface area contributed by atoms with Gasteiger partial charge in [0.2, 0.25) is 0 Å². The Morgan fingerprint density at radius 1 is 0.500 bits per heavy atom. The summed E-state index contributed by atoms with van der Waals surface area (Å²) >= 11 is 0. The summed E-state index contributed by atoms with van der Waals surface area (Å²) in [6.07, 6.45) is 1.80. The van der Waals surface area contributed by atoms with Crippen LogP contribution in [0.3, 0.4) is 0 Å². The molecule has 0 unspecified atom stereocenters. The molecular weight excluding hydrogens is 466 g/mol. The summed E-state index contributed by atoms with van der Waals surface area (Å²) in [6.45, 7) is 0.476. The molecule has 0 radical (unpaired) electrons. The van der Waals surface area contributed by atoms with Crippen LogP contribution in [0.25, 0.3) is 45.2 Å². The highest BCUT2D eigenvalue weighted by atomic mass is 16.5. The molecule has 0 bridgehead atoms. The molecule has 6 aromatic rings. The molecule has 2 heterocycles. The Balaban J connectivity index is 1.46. The van der Waals surface area contributed by atoms with E-state index in [0.29, 0.717) is 12.4 Å². The van der Waals surface area contributed by atoms with Gasteiger partial charge in [0, 0.05) is 28.5 Å². The zero-order chi connectivity index (χ0) is 25.6. The van der Waals surface area contributed by atoms with Crippen LogP contribution in [0.15, 0.2) is 140 Å². The van der Waals surface area contributed by atoms with Gasteiger partial charge in [-0.3, -0.25) is 4.98 Å². The second kappa shape index (κ2) is 10.9. The monoisotopic (exact) mass is 491 g/mol.